The molecule has 1 unspecified atom stereocenters. The minimum atomic E-state index is -0.273. The smallest absolute Gasteiger partial charge is 0.282 e. The molecule has 7 aliphatic rings. The van der Waals surface area contributed by atoms with Gasteiger partial charge in [0.05, 0.1) is 27.9 Å². The number of aromatic nitrogens is 2. The third kappa shape index (κ3) is 8.19. The van der Waals surface area contributed by atoms with Crippen LogP contribution in [-0.2, 0) is 34.0 Å². The lowest BCUT2D eigenvalue weighted by molar-refractivity contribution is -0.132. The Bertz CT molecular complexity index is 2470. The Balaban J connectivity index is 0.000000549. The fourth-order valence-corrected chi connectivity index (χ4v) is 13.0. The third-order valence-electron chi connectivity index (χ3n) is 16.4. The van der Waals surface area contributed by atoms with E-state index >= 15 is 0 Å². The van der Waals surface area contributed by atoms with Gasteiger partial charge in [-0.25, -0.2) is 0 Å². The highest BCUT2D eigenvalue weighted by atomic mass is 35.5. The molecule has 2 aliphatic carbocycles. The summed E-state index contributed by atoms with van der Waals surface area (Å²) in [6.07, 6.45) is 17.3. The highest BCUT2D eigenvalue weighted by Gasteiger charge is 2.46. The van der Waals surface area contributed by atoms with E-state index < -0.39 is 0 Å². The van der Waals surface area contributed by atoms with Crippen LogP contribution in [0.25, 0.3) is 10.9 Å². The van der Waals surface area contributed by atoms with Crippen molar-refractivity contribution in [3.63, 3.8) is 0 Å². The number of hydrogen-bond acceptors (Lipinski definition) is 8. The highest BCUT2D eigenvalue weighted by molar-refractivity contribution is 6.35. The van der Waals surface area contributed by atoms with E-state index in [0.29, 0.717) is 48.2 Å². The van der Waals surface area contributed by atoms with Crippen molar-refractivity contribution in [1.29, 1.82) is 0 Å². The lowest BCUT2D eigenvalue weighted by Gasteiger charge is -2.43. The van der Waals surface area contributed by atoms with Crippen molar-refractivity contribution >= 4 is 40.2 Å². The number of aryl methyl sites for hydroxylation is 1. The Labute approximate surface area is 381 Å². The Hall–Kier alpha value is -4.58. The summed E-state index contributed by atoms with van der Waals surface area (Å²) in [5.41, 5.74) is 6.43. The summed E-state index contributed by atoms with van der Waals surface area (Å²) in [4.78, 5) is 56.6. The summed E-state index contributed by atoms with van der Waals surface area (Å²) in [5, 5.41) is 6.16. The highest BCUT2D eigenvalue weighted by Crippen LogP contribution is 2.49. The van der Waals surface area contributed by atoms with Crippen molar-refractivity contribution in [2.24, 2.45) is 13.0 Å². The molecule has 4 aromatic rings. The van der Waals surface area contributed by atoms with Crippen LogP contribution in [0.1, 0.15) is 147 Å². The van der Waals surface area contributed by atoms with E-state index in [1.165, 1.54) is 74.7 Å². The molecule has 3 aromatic carbocycles. The molecule has 338 valence electrons. The molecule has 2 saturated carbocycles. The van der Waals surface area contributed by atoms with Crippen LogP contribution >= 0.6 is 11.6 Å². The second-order valence-corrected chi connectivity index (χ2v) is 20.5. The van der Waals surface area contributed by atoms with Crippen LogP contribution in [0.15, 0.2) is 59.4 Å². The Morgan fingerprint density at radius 2 is 1.56 bits per heavy atom. The zero-order chi connectivity index (χ0) is 44.0. The lowest BCUT2D eigenvalue weighted by atomic mass is 9.68. The monoisotopic (exact) mass is 886 g/mol. The van der Waals surface area contributed by atoms with Crippen molar-refractivity contribution in [2.45, 2.75) is 132 Å². The fourth-order valence-electron chi connectivity index (χ4n) is 12.7. The Kier molecular flexibility index (Phi) is 12.2. The molecule has 6 heterocycles. The van der Waals surface area contributed by atoms with Crippen molar-refractivity contribution in [2.75, 3.05) is 39.3 Å². The molecule has 3 amide bonds. The van der Waals surface area contributed by atoms with Gasteiger partial charge >= 0.3 is 0 Å². The van der Waals surface area contributed by atoms with E-state index in [1.54, 1.807) is 6.07 Å². The topological polar surface area (TPSA) is 126 Å². The summed E-state index contributed by atoms with van der Waals surface area (Å²) >= 11 is 6.49. The molecule has 5 fully saturated rings. The number of rotatable bonds is 6. The molecule has 0 radical (unpaired) electrons. The Morgan fingerprint density at radius 1 is 0.812 bits per heavy atom. The van der Waals surface area contributed by atoms with Gasteiger partial charge in [0.15, 0.2) is 0 Å². The summed E-state index contributed by atoms with van der Waals surface area (Å²) in [6, 6.07) is 20.2. The number of hydrogen-bond donors (Lipinski definition) is 2. The largest absolute Gasteiger partial charge is 0.492 e. The average Bonchev–Trinajstić information content (AvgIpc) is 3.88. The van der Waals surface area contributed by atoms with Crippen LogP contribution in [-0.4, -0.2) is 82.4 Å². The van der Waals surface area contributed by atoms with Gasteiger partial charge in [-0.2, -0.15) is 4.98 Å². The maximum Gasteiger partial charge on any atom is 0.282 e. The van der Waals surface area contributed by atoms with Crippen molar-refractivity contribution < 1.29 is 19.1 Å². The average molecular weight is 888 g/mol. The normalized spacial score (nSPS) is 25.5. The van der Waals surface area contributed by atoms with Crippen molar-refractivity contribution in [3.05, 3.63) is 104 Å². The first-order chi connectivity index (χ1) is 31.1. The van der Waals surface area contributed by atoms with E-state index in [9.17, 15) is 19.2 Å². The van der Waals surface area contributed by atoms with Crippen molar-refractivity contribution in [1.82, 2.24) is 30.0 Å². The molecule has 0 bridgehead atoms. The predicted molar refractivity (Wildman–Crippen MR) is 249 cm³/mol. The van der Waals surface area contributed by atoms with Crippen LogP contribution in [0, 0.1) is 5.92 Å². The third-order valence-corrected chi connectivity index (χ3v) is 16.7. The van der Waals surface area contributed by atoms with Gasteiger partial charge in [-0.15, -0.1) is 0 Å². The summed E-state index contributed by atoms with van der Waals surface area (Å²) in [6.45, 7) is 7.24. The van der Waals surface area contributed by atoms with E-state index in [4.69, 9.17) is 21.3 Å². The maximum atomic E-state index is 13.4. The first-order valence-electron chi connectivity index (χ1n) is 24.2. The molecule has 64 heavy (non-hydrogen) atoms. The number of imide groups is 1. The number of ether oxygens (including phenoxy) is 1. The standard InChI is InChI=1S/C47H56ClN5O3.C5H7NO2/c1-51-40-9-5-8-39(48)41(40)44(55)50-45(51)47(20-3-2-4-21-47)34-14-12-32(13-15-34)33-7-6-24-53(29-33)35-16-10-31(11-17-35)28-52-25-22-46(23-26-52)30-56-42-37-27-49-43(54)36(37)18-19-38(42)46;7-4-2-1-3-5(8)6-4/h5,8-9,12-15,18-19,31,33,35H,2-4,6-7,10-11,16-17,20-30H2,1H3,(H,49,54);1-3H2,(H,6,7,8). The number of nitrogens with zero attached hydrogens (tertiary/aromatic N) is 4. The van der Waals surface area contributed by atoms with Gasteiger partial charge in [0.1, 0.15) is 11.6 Å². The fraction of sp³-hybridized carbons (Fsp3) is 0.558. The molecule has 11 rings (SSSR count). The number of amides is 3. The van der Waals surface area contributed by atoms with Crippen LogP contribution in [0.4, 0.5) is 0 Å². The number of carbonyl (C=O) groups excluding carboxylic acids is 3. The van der Waals surface area contributed by atoms with Gasteiger partial charge in [-0.1, -0.05) is 67.3 Å². The number of piperidine rings is 3. The summed E-state index contributed by atoms with van der Waals surface area (Å²) < 4.78 is 8.45. The van der Waals surface area contributed by atoms with E-state index in [1.807, 2.05) is 18.2 Å². The van der Waals surface area contributed by atoms with Crippen LogP contribution in [0.3, 0.4) is 0 Å². The number of fused-ring (bicyclic) bond motifs is 5. The molecule has 3 saturated heterocycles. The van der Waals surface area contributed by atoms with E-state index in [-0.39, 0.29) is 34.1 Å². The molecular formula is C52H63ClN6O5. The molecule has 11 nitrogen and oxygen atoms in total. The molecule has 5 aliphatic heterocycles. The minimum Gasteiger partial charge on any atom is -0.492 e. The second kappa shape index (κ2) is 18.0. The predicted octanol–water partition coefficient (Wildman–Crippen LogP) is 8.06. The number of carbonyl (C=O) groups is 3. The summed E-state index contributed by atoms with van der Waals surface area (Å²) in [7, 11) is 2.05. The van der Waals surface area contributed by atoms with Crippen molar-refractivity contribution in [3.8, 4) is 5.75 Å². The summed E-state index contributed by atoms with van der Waals surface area (Å²) in [5.74, 6) is 2.98. The van der Waals surface area contributed by atoms with Gasteiger partial charge in [0.25, 0.3) is 11.5 Å². The zero-order valence-corrected chi connectivity index (χ0v) is 38.2. The lowest BCUT2D eigenvalue weighted by Crippen LogP contribution is -2.47. The number of nitrogens with one attached hydrogen (secondary N) is 2. The molecule has 1 atom stereocenters. The minimum absolute atomic E-state index is 0.0319. The van der Waals surface area contributed by atoms with Gasteiger partial charge in [-0.05, 0) is 131 Å². The van der Waals surface area contributed by atoms with Gasteiger partial charge in [0.2, 0.25) is 11.8 Å². The quantitative estimate of drug-likeness (QED) is 0.187. The van der Waals surface area contributed by atoms with E-state index in [2.05, 4.69) is 62.4 Å². The number of halogens is 1. The van der Waals surface area contributed by atoms with Gasteiger partial charge in [0, 0.05) is 67.7 Å². The SMILES string of the molecule is Cn1c(C2(c3ccc(C4CCCN(C5CCC(CN6CCC7(CC6)COc6c7ccc7c6CNC7=O)CC5)C4)cc3)CCCCC2)nc(=O)c2c(Cl)cccc21.O=C1CCCC(=O)N1. The molecular weight excluding hydrogens is 824 g/mol. The van der Waals surface area contributed by atoms with Gasteiger partial charge in [-0.3, -0.25) is 29.4 Å². The molecule has 1 spiro atoms. The number of benzene rings is 3. The zero-order valence-electron chi connectivity index (χ0n) is 37.4. The van der Waals surface area contributed by atoms with Crippen LogP contribution < -0.4 is 20.9 Å². The second-order valence-electron chi connectivity index (χ2n) is 20.1. The molecule has 12 heteroatoms. The Morgan fingerprint density at radius 3 is 2.28 bits per heavy atom. The van der Waals surface area contributed by atoms with E-state index in [0.717, 1.165) is 98.9 Å². The van der Waals surface area contributed by atoms with Gasteiger partial charge < -0.3 is 19.5 Å². The number of likely N-dealkylation sites (tertiary alicyclic amines) is 2. The first-order valence-corrected chi connectivity index (χ1v) is 24.6. The van der Waals surface area contributed by atoms with Crippen LogP contribution in [0.2, 0.25) is 5.02 Å². The first kappa shape index (κ1) is 43.3. The molecule has 1 aromatic heterocycles. The molecule has 2 N–H and O–H groups in total. The maximum absolute atomic E-state index is 13.4. The van der Waals surface area contributed by atoms with Crippen LogP contribution in [0.5, 0.6) is 5.75 Å².